The van der Waals surface area contributed by atoms with Gasteiger partial charge in [-0.15, -0.1) is 0 Å². The molecule has 0 aliphatic carbocycles. The molecule has 0 radical (unpaired) electrons. The van der Waals surface area contributed by atoms with Gasteiger partial charge in [0.05, 0.1) is 20.2 Å². The smallest absolute Gasteiger partial charge is 0.221 e. The van der Waals surface area contributed by atoms with Crippen LogP contribution in [0.5, 0.6) is 5.75 Å². The van der Waals surface area contributed by atoms with Crippen molar-refractivity contribution >= 4 is 12.2 Å². The molecule has 3 rings (SSSR count). The molecule has 0 spiro atoms. The third-order valence-corrected chi connectivity index (χ3v) is 4.72. The van der Waals surface area contributed by atoms with Gasteiger partial charge in [0.25, 0.3) is 0 Å². The van der Waals surface area contributed by atoms with E-state index in [0.717, 1.165) is 29.7 Å². The molecule has 5 nitrogen and oxygen atoms in total. The van der Waals surface area contributed by atoms with Crippen molar-refractivity contribution in [2.75, 3.05) is 20.2 Å². The summed E-state index contributed by atoms with van der Waals surface area (Å²) in [5.74, 6) is 2.51. The lowest BCUT2D eigenvalue weighted by molar-refractivity contribution is -0.929. The first-order valence-corrected chi connectivity index (χ1v) is 8.21. The third kappa shape index (κ3) is 3.39. The molecule has 1 aliphatic rings. The van der Waals surface area contributed by atoms with Crippen LogP contribution in [0.1, 0.15) is 19.8 Å². The zero-order chi connectivity index (χ0) is 15.5. The Morgan fingerprint density at radius 3 is 2.64 bits per heavy atom. The van der Waals surface area contributed by atoms with Crippen molar-refractivity contribution in [3.63, 3.8) is 0 Å². The highest BCUT2D eigenvalue weighted by Gasteiger charge is 2.19. The Hall–Kier alpha value is -1.66. The van der Waals surface area contributed by atoms with Gasteiger partial charge in [-0.2, -0.15) is 4.98 Å². The minimum atomic E-state index is 0.622. The molecule has 0 bridgehead atoms. The fraction of sp³-hybridized carbons (Fsp3) is 0.500. The number of aromatic nitrogens is 3. The standard InChI is InChI=1S/C16H22N4OS/c1-12-7-9-19(10-8-12)11-20-16(22)17-15(18-20)13-3-5-14(21-2)6-4-13/h3-6,12H,7-11H2,1-2H3,(H,17,18,22)/p+1. The monoisotopic (exact) mass is 319 g/mol. The van der Waals surface area contributed by atoms with Gasteiger partial charge in [0.2, 0.25) is 4.77 Å². The van der Waals surface area contributed by atoms with E-state index in [9.17, 15) is 0 Å². The first kappa shape index (κ1) is 15.2. The van der Waals surface area contributed by atoms with Crippen LogP contribution in [0.25, 0.3) is 11.4 Å². The molecule has 6 heteroatoms. The maximum absolute atomic E-state index is 5.40. The number of nitrogens with zero attached hydrogens (tertiary/aromatic N) is 2. The number of rotatable bonds is 4. The Bertz CT molecular complexity index is 668. The summed E-state index contributed by atoms with van der Waals surface area (Å²) in [5.41, 5.74) is 1.02. The highest BCUT2D eigenvalue weighted by atomic mass is 32.1. The Labute approximate surface area is 135 Å². The molecule has 2 N–H and O–H groups in total. The average Bonchev–Trinajstić information content (AvgIpc) is 2.91. The highest BCUT2D eigenvalue weighted by Crippen LogP contribution is 2.19. The van der Waals surface area contributed by atoms with Crippen molar-refractivity contribution in [1.82, 2.24) is 14.8 Å². The van der Waals surface area contributed by atoms with Gasteiger partial charge in [-0.25, -0.2) is 4.68 Å². The quantitative estimate of drug-likeness (QED) is 0.846. The fourth-order valence-electron chi connectivity index (χ4n) is 2.89. The lowest BCUT2D eigenvalue weighted by atomic mass is 10.00. The second-order valence-corrected chi connectivity index (χ2v) is 6.47. The van der Waals surface area contributed by atoms with Crippen LogP contribution >= 0.6 is 12.2 Å². The number of likely N-dealkylation sites (tertiary alicyclic amines) is 1. The van der Waals surface area contributed by atoms with Gasteiger partial charge in [-0.05, 0) is 55.2 Å². The number of ether oxygens (including phenoxy) is 1. The van der Waals surface area contributed by atoms with Gasteiger partial charge >= 0.3 is 0 Å². The normalized spacial score (nSPS) is 21.7. The third-order valence-electron chi connectivity index (χ3n) is 4.41. The molecule has 118 valence electrons. The largest absolute Gasteiger partial charge is 0.497 e. The van der Waals surface area contributed by atoms with Crippen molar-refractivity contribution in [1.29, 1.82) is 0 Å². The summed E-state index contributed by atoms with van der Waals surface area (Å²) in [6.07, 6.45) is 2.59. The zero-order valence-corrected chi connectivity index (χ0v) is 13.9. The molecule has 1 aromatic carbocycles. The summed E-state index contributed by atoms with van der Waals surface area (Å²) in [5, 5.41) is 3.33. The lowest BCUT2D eigenvalue weighted by Crippen LogP contribution is -3.12. The second-order valence-electron chi connectivity index (χ2n) is 6.10. The summed E-state index contributed by atoms with van der Waals surface area (Å²) in [7, 11) is 1.67. The molecule has 0 saturated carbocycles. The number of aromatic amines is 1. The van der Waals surface area contributed by atoms with E-state index >= 15 is 0 Å². The van der Waals surface area contributed by atoms with Crippen molar-refractivity contribution in [2.45, 2.75) is 26.4 Å². The average molecular weight is 319 g/mol. The van der Waals surface area contributed by atoms with Crippen LogP contribution in [0.4, 0.5) is 0 Å². The number of H-pyrrole nitrogens is 1. The number of benzene rings is 1. The second kappa shape index (κ2) is 6.62. The summed E-state index contributed by atoms with van der Waals surface area (Å²) < 4.78 is 7.79. The summed E-state index contributed by atoms with van der Waals surface area (Å²) in [4.78, 5) is 6.05. The lowest BCUT2D eigenvalue weighted by Gasteiger charge is -2.27. The van der Waals surface area contributed by atoms with E-state index in [1.165, 1.54) is 25.9 Å². The number of piperidine rings is 1. The molecule has 0 unspecified atom stereocenters. The van der Waals surface area contributed by atoms with Crippen molar-refractivity contribution in [3.05, 3.63) is 29.0 Å². The number of quaternary nitrogens is 1. The molecule has 1 aliphatic heterocycles. The molecular weight excluding hydrogens is 296 g/mol. The fourth-order valence-corrected chi connectivity index (χ4v) is 3.10. The molecule has 1 aromatic heterocycles. The minimum Gasteiger partial charge on any atom is -0.497 e. The number of nitrogens with one attached hydrogen (secondary N) is 2. The van der Waals surface area contributed by atoms with Gasteiger partial charge in [-0.1, -0.05) is 6.92 Å². The van der Waals surface area contributed by atoms with Gasteiger partial charge in [0.15, 0.2) is 12.5 Å². The summed E-state index contributed by atoms with van der Waals surface area (Å²) in [6, 6.07) is 7.85. The maximum atomic E-state index is 5.40. The van der Waals surface area contributed by atoms with E-state index in [0.29, 0.717) is 4.77 Å². The van der Waals surface area contributed by atoms with E-state index in [1.54, 1.807) is 12.0 Å². The van der Waals surface area contributed by atoms with E-state index in [-0.39, 0.29) is 0 Å². The van der Waals surface area contributed by atoms with E-state index in [2.05, 4.69) is 17.0 Å². The molecule has 1 fully saturated rings. The number of hydrogen-bond donors (Lipinski definition) is 2. The SMILES string of the molecule is COc1ccc(-c2nc(=S)n(C[NH+]3CCC(C)CC3)[nH]2)cc1. The van der Waals surface area contributed by atoms with Crippen LogP contribution < -0.4 is 9.64 Å². The first-order valence-electron chi connectivity index (χ1n) is 7.80. The van der Waals surface area contributed by atoms with Crippen molar-refractivity contribution in [3.8, 4) is 17.1 Å². The van der Waals surface area contributed by atoms with E-state index < -0.39 is 0 Å². The van der Waals surface area contributed by atoms with Crippen molar-refractivity contribution < 1.29 is 9.64 Å². The van der Waals surface area contributed by atoms with Crippen molar-refractivity contribution in [2.24, 2.45) is 5.92 Å². The van der Waals surface area contributed by atoms with Gasteiger partial charge in [0, 0.05) is 5.56 Å². The minimum absolute atomic E-state index is 0.622. The molecule has 0 atom stereocenters. The maximum Gasteiger partial charge on any atom is 0.221 e. The van der Waals surface area contributed by atoms with Crippen LogP contribution in [0.2, 0.25) is 0 Å². The molecule has 22 heavy (non-hydrogen) atoms. The molecule has 1 saturated heterocycles. The Morgan fingerprint density at radius 1 is 1.32 bits per heavy atom. The Morgan fingerprint density at radius 2 is 2.00 bits per heavy atom. The predicted octanol–water partition coefficient (Wildman–Crippen LogP) is 1.89. The number of methoxy groups -OCH3 is 1. The van der Waals surface area contributed by atoms with E-state index in [1.807, 2.05) is 28.9 Å². The topological polar surface area (TPSA) is 47.3 Å². The number of hydrogen-bond acceptors (Lipinski definition) is 3. The Balaban J connectivity index is 1.74. The van der Waals surface area contributed by atoms with Crippen LogP contribution in [0.15, 0.2) is 24.3 Å². The molecule has 0 amide bonds. The summed E-state index contributed by atoms with van der Waals surface area (Å²) >= 11 is 5.40. The first-order chi connectivity index (χ1) is 10.7. The van der Waals surface area contributed by atoms with Gasteiger partial charge in [-0.3, -0.25) is 5.10 Å². The predicted molar refractivity (Wildman–Crippen MR) is 88.5 cm³/mol. The summed E-state index contributed by atoms with van der Waals surface area (Å²) in [6.45, 7) is 5.62. The highest BCUT2D eigenvalue weighted by molar-refractivity contribution is 7.71. The molecule has 2 heterocycles. The molecule has 2 aromatic rings. The van der Waals surface area contributed by atoms with Crippen LogP contribution in [-0.2, 0) is 6.67 Å². The van der Waals surface area contributed by atoms with Crippen LogP contribution in [0.3, 0.4) is 0 Å². The zero-order valence-electron chi connectivity index (χ0n) is 13.1. The van der Waals surface area contributed by atoms with Gasteiger partial charge < -0.3 is 9.64 Å². The molecular formula is C16H23N4OS+. The van der Waals surface area contributed by atoms with Crippen LogP contribution in [-0.4, -0.2) is 35.0 Å². The van der Waals surface area contributed by atoms with Gasteiger partial charge in [0.1, 0.15) is 5.75 Å². The Kier molecular flexibility index (Phi) is 4.59. The van der Waals surface area contributed by atoms with Crippen LogP contribution in [0, 0.1) is 10.7 Å². The van der Waals surface area contributed by atoms with E-state index in [4.69, 9.17) is 17.0 Å².